The lowest BCUT2D eigenvalue weighted by molar-refractivity contribution is -0.285. The predicted molar refractivity (Wildman–Crippen MR) is 171 cm³/mol. The number of hydrogen-bond donors (Lipinski definition) is 0. The highest BCUT2D eigenvalue weighted by Crippen LogP contribution is 2.39. The Bertz CT molecular complexity index is 1590. The van der Waals surface area contributed by atoms with Gasteiger partial charge < -0.3 is 33.2 Å². The summed E-state index contributed by atoms with van der Waals surface area (Å²) in [4.78, 5) is 70.7. The maximum atomic E-state index is 13.2. The van der Waals surface area contributed by atoms with Crippen molar-refractivity contribution in [2.75, 3.05) is 33.5 Å². The fraction of sp³-hybridized carbons (Fsp3) is 0.818. The van der Waals surface area contributed by atoms with E-state index in [9.17, 15) is 112 Å². The van der Waals surface area contributed by atoms with Crippen LogP contribution in [-0.4, -0.2) is 130 Å². The lowest BCUT2D eigenvalue weighted by Gasteiger charge is -2.32. The van der Waals surface area contributed by atoms with Crippen LogP contribution in [0.15, 0.2) is 0 Å². The van der Waals surface area contributed by atoms with Gasteiger partial charge in [-0.25, -0.2) is 27.2 Å². The molecule has 0 aromatic rings. The average molecular weight is 1000 g/mol. The van der Waals surface area contributed by atoms with Crippen molar-refractivity contribution in [2.24, 2.45) is 23.7 Å². The quantitative estimate of drug-likeness (QED) is 0.0611. The van der Waals surface area contributed by atoms with Crippen LogP contribution in [0.4, 0.5) is 88.2 Å². The first-order valence-corrected chi connectivity index (χ1v) is 17.3. The van der Waals surface area contributed by atoms with Gasteiger partial charge in [0.1, 0.15) is 11.2 Å². The summed E-state index contributed by atoms with van der Waals surface area (Å²) in [5.74, 6) is -33.9. The summed E-state index contributed by atoms with van der Waals surface area (Å²) in [5.41, 5.74) is -4.12. The predicted octanol–water partition coefficient (Wildman–Crippen LogP) is 8.44. The van der Waals surface area contributed by atoms with Crippen molar-refractivity contribution in [3.8, 4) is 0 Å². The van der Waals surface area contributed by atoms with Crippen LogP contribution in [-0.2, 0) is 57.1 Å². The van der Waals surface area contributed by atoms with Gasteiger partial charge in [-0.3, -0.25) is 19.2 Å². The Morgan fingerprint density at radius 1 is 0.462 bits per heavy atom. The number of rotatable bonds is 21. The molecule has 32 heteroatoms. The number of alkyl halides is 19. The van der Waals surface area contributed by atoms with Crippen molar-refractivity contribution in [3.63, 3.8) is 0 Å². The van der Waals surface area contributed by atoms with Crippen LogP contribution < -0.4 is 0 Å². The third kappa shape index (κ3) is 22.8. The summed E-state index contributed by atoms with van der Waals surface area (Å²) >= 11 is 0. The van der Waals surface area contributed by atoms with Crippen LogP contribution in [0.2, 0.25) is 0 Å². The van der Waals surface area contributed by atoms with Gasteiger partial charge in [-0.15, -0.1) is 0 Å². The van der Waals surface area contributed by atoms with E-state index in [4.69, 9.17) is 4.74 Å². The highest BCUT2D eigenvalue weighted by atomic mass is 19.4. The largest absolute Gasteiger partial charge is 0.508 e. The highest BCUT2D eigenvalue weighted by Gasteiger charge is 2.65. The number of halogens is 19. The van der Waals surface area contributed by atoms with Gasteiger partial charge in [0.05, 0.1) is 30.8 Å². The molecule has 0 heterocycles. The smallest absolute Gasteiger partial charge is 0.459 e. The molecule has 0 saturated carbocycles. The summed E-state index contributed by atoms with van der Waals surface area (Å²) in [6.07, 6.45) is -27.9. The number of carbonyl (C=O) groups excluding carboxylic acids is 6. The molecule has 0 saturated heterocycles. The van der Waals surface area contributed by atoms with E-state index in [1.165, 1.54) is 13.8 Å². The van der Waals surface area contributed by atoms with Crippen LogP contribution in [0.1, 0.15) is 54.4 Å². The Morgan fingerprint density at radius 3 is 1.05 bits per heavy atom. The van der Waals surface area contributed by atoms with Crippen molar-refractivity contribution in [3.05, 3.63) is 0 Å². The maximum absolute atomic E-state index is 13.2. The zero-order valence-electron chi connectivity index (χ0n) is 34.2. The first-order valence-electron chi connectivity index (χ1n) is 17.3. The van der Waals surface area contributed by atoms with Gasteiger partial charge in [0.2, 0.25) is 0 Å². The second-order valence-electron chi connectivity index (χ2n) is 14.5. The summed E-state index contributed by atoms with van der Waals surface area (Å²) in [6.45, 7) is -3.25. The molecule has 4 unspecified atom stereocenters. The third-order valence-electron chi connectivity index (χ3n) is 7.70. The maximum Gasteiger partial charge on any atom is 0.508 e. The topological polar surface area (TPSA) is 167 Å². The summed E-state index contributed by atoms with van der Waals surface area (Å²) in [5, 5.41) is 0. The van der Waals surface area contributed by atoms with Crippen molar-refractivity contribution in [1.82, 2.24) is 0 Å². The molecule has 65 heavy (non-hydrogen) atoms. The minimum Gasteiger partial charge on any atom is -0.459 e. The molecule has 4 atom stereocenters. The van der Waals surface area contributed by atoms with Gasteiger partial charge in [-0.05, 0) is 27.7 Å². The molecular formula is C33H39F19O13. The highest BCUT2D eigenvalue weighted by molar-refractivity contribution is 5.83. The molecule has 0 aliphatic carbocycles. The monoisotopic (exact) mass is 1000 g/mol. The van der Waals surface area contributed by atoms with Gasteiger partial charge in [0.15, 0.2) is 26.4 Å². The van der Waals surface area contributed by atoms with E-state index in [2.05, 4.69) is 28.4 Å². The van der Waals surface area contributed by atoms with E-state index in [1.54, 1.807) is 0 Å². The molecular weight excluding hydrogens is 965 g/mol. The van der Waals surface area contributed by atoms with Crippen LogP contribution in [0.25, 0.3) is 0 Å². The average Bonchev–Trinajstić information content (AvgIpc) is 3.13. The number of ether oxygens (including phenoxy) is 7. The van der Waals surface area contributed by atoms with Gasteiger partial charge in [-0.2, -0.15) is 65.9 Å². The first kappa shape index (κ1) is 62.4. The van der Waals surface area contributed by atoms with E-state index in [0.717, 1.165) is 14.0 Å². The Hall–Kier alpha value is -4.71. The molecule has 0 radical (unpaired) electrons. The standard InChI is InChI=1S/C18H19F13O6.C15H20F6O7/c1-7(9(32)35-5-15(23,24)11(19)20)8(10(33)36-6-16(25,26)12(21)22)4-14(2,3)37-13(34)17(27,28)18(29,30)31;1-8(10(22)26-6-14(16,17)18)9(11(23)27-7-15(19,20)21)5-13(2,3)28-12(24)25-4/h7-8,11-12H,4-6H2,1-3H3;8-9H,5-7H2,1-4H3. The van der Waals surface area contributed by atoms with E-state index in [1.807, 2.05) is 0 Å². The normalized spacial score (nSPS) is 15.1. The van der Waals surface area contributed by atoms with Crippen molar-refractivity contribution in [1.29, 1.82) is 0 Å². The van der Waals surface area contributed by atoms with E-state index in [-0.39, 0.29) is 0 Å². The number of carbonyl (C=O) groups is 6. The van der Waals surface area contributed by atoms with Crippen molar-refractivity contribution in [2.45, 2.75) is 115 Å². The Labute approximate surface area is 353 Å². The summed E-state index contributed by atoms with van der Waals surface area (Å²) < 4.78 is 267. The number of hydrogen-bond acceptors (Lipinski definition) is 13. The van der Waals surface area contributed by atoms with Crippen molar-refractivity contribution >= 4 is 36.0 Å². The van der Waals surface area contributed by atoms with Gasteiger partial charge in [0, 0.05) is 12.8 Å². The van der Waals surface area contributed by atoms with Crippen LogP contribution in [0, 0.1) is 23.7 Å². The van der Waals surface area contributed by atoms with Gasteiger partial charge >= 0.3 is 85.1 Å². The fourth-order valence-corrected chi connectivity index (χ4v) is 4.34. The van der Waals surface area contributed by atoms with Crippen LogP contribution in [0.3, 0.4) is 0 Å². The van der Waals surface area contributed by atoms with Gasteiger partial charge in [-0.1, -0.05) is 13.8 Å². The minimum atomic E-state index is -6.44. The Kier molecular flexibility index (Phi) is 22.7. The molecule has 0 aliphatic heterocycles. The van der Waals surface area contributed by atoms with Gasteiger partial charge in [0.25, 0.3) is 0 Å². The molecule has 0 rings (SSSR count). The number of methoxy groups -OCH3 is 1. The Balaban J connectivity index is 0. The molecule has 0 amide bonds. The third-order valence-corrected chi connectivity index (χ3v) is 7.70. The molecule has 0 N–H and O–H groups in total. The molecule has 0 aromatic heterocycles. The lowest BCUT2D eigenvalue weighted by atomic mass is 9.84. The molecule has 0 fully saturated rings. The molecule has 0 spiro atoms. The molecule has 382 valence electrons. The second-order valence-corrected chi connectivity index (χ2v) is 14.5. The molecule has 13 nitrogen and oxygen atoms in total. The van der Waals surface area contributed by atoms with Crippen LogP contribution >= 0.6 is 0 Å². The summed E-state index contributed by atoms with van der Waals surface area (Å²) in [7, 11) is 0.977. The van der Waals surface area contributed by atoms with Crippen molar-refractivity contribution < 1.29 is 145 Å². The SMILES string of the molecule is CC(C(=O)OCC(F)(F)C(F)F)C(CC(C)(C)OC(=O)C(F)(F)C(F)(F)F)C(=O)OCC(F)(F)C(F)F.COC(=O)OC(C)(C)CC(C(=O)OCC(F)(F)F)C(C)C(=O)OCC(F)(F)F. The van der Waals surface area contributed by atoms with E-state index in [0.29, 0.717) is 20.8 Å². The molecule has 0 aliphatic rings. The zero-order valence-corrected chi connectivity index (χ0v) is 34.2. The zero-order chi connectivity index (χ0) is 52.1. The second kappa shape index (κ2) is 23.7. The fourth-order valence-electron chi connectivity index (χ4n) is 4.34. The number of esters is 5. The Morgan fingerprint density at radius 2 is 0.754 bits per heavy atom. The van der Waals surface area contributed by atoms with E-state index < -0.39 is 159 Å². The lowest BCUT2D eigenvalue weighted by Crippen LogP contribution is -2.49. The first-order chi connectivity index (χ1) is 28.8. The minimum absolute atomic E-state index is 0.554. The van der Waals surface area contributed by atoms with Crippen LogP contribution in [0.5, 0.6) is 0 Å². The molecule has 0 bridgehead atoms. The molecule has 0 aromatic carbocycles. The van der Waals surface area contributed by atoms with E-state index >= 15 is 0 Å². The summed E-state index contributed by atoms with van der Waals surface area (Å²) in [6, 6.07) is 0.